The molecule has 1 aromatic rings. The molecule has 0 saturated heterocycles. The highest BCUT2D eigenvalue weighted by Crippen LogP contribution is 2.32. The fraction of sp³-hybridized carbons (Fsp3) is 0.500. The van der Waals surface area contributed by atoms with Crippen LogP contribution in [0.1, 0.15) is 24.5 Å². The third-order valence-corrected chi connectivity index (χ3v) is 3.29. The molecule has 0 heterocycles. The molecule has 1 aliphatic carbocycles. The van der Waals surface area contributed by atoms with Crippen molar-refractivity contribution in [1.82, 2.24) is 0 Å². The summed E-state index contributed by atoms with van der Waals surface area (Å²) in [7, 11) is 1.69. The van der Waals surface area contributed by atoms with E-state index in [0.29, 0.717) is 6.10 Å². The molecule has 0 aliphatic heterocycles. The molecular weight excluding hydrogens is 303 g/mol. The lowest BCUT2D eigenvalue weighted by Gasteiger charge is -2.16. The number of hydrogen-bond acceptors (Lipinski definition) is 2. The highest BCUT2D eigenvalue weighted by Gasteiger charge is 2.26. The third kappa shape index (κ3) is 3.08. The Bertz CT molecular complexity index is 323. The summed E-state index contributed by atoms with van der Waals surface area (Å²) >= 11 is 2.37. The van der Waals surface area contributed by atoms with Gasteiger partial charge < -0.3 is 9.47 Å². The van der Waals surface area contributed by atoms with Crippen LogP contribution in [0.15, 0.2) is 24.3 Å². The summed E-state index contributed by atoms with van der Waals surface area (Å²) in [6, 6.07) is 8.15. The number of benzene rings is 1. The van der Waals surface area contributed by atoms with Crippen LogP contribution in [0.3, 0.4) is 0 Å². The second-order valence-corrected chi connectivity index (χ2v) is 4.64. The number of rotatable bonds is 5. The van der Waals surface area contributed by atoms with Gasteiger partial charge in [0.1, 0.15) is 5.75 Å². The van der Waals surface area contributed by atoms with Crippen molar-refractivity contribution in [3.8, 4) is 5.75 Å². The Kier molecular flexibility index (Phi) is 3.86. The molecule has 0 spiro atoms. The van der Waals surface area contributed by atoms with Gasteiger partial charge in [0.15, 0.2) is 0 Å². The van der Waals surface area contributed by atoms with Crippen molar-refractivity contribution in [2.75, 3.05) is 11.5 Å². The van der Waals surface area contributed by atoms with Crippen LogP contribution in [0, 0.1) is 0 Å². The van der Waals surface area contributed by atoms with Crippen LogP contribution in [-0.2, 0) is 4.74 Å². The number of hydrogen-bond donors (Lipinski definition) is 0. The largest absolute Gasteiger partial charge is 0.497 e. The van der Waals surface area contributed by atoms with E-state index in [4.69, 9.17) is 9.47 Å². The predicted octanol–water partition coefficient (Wildman–Crippen LogP) is 3.35. The molecule has 0 bridgehead atoms. The standard InChI is InChI=1S/C12H15IO2/c1-14-11-4-2-3-9(7-11)12(8-13)15-10-5-6-10/h2-4,7,10,12H,5-6,8H2,1H3. The molecule has 1 aromatic carbocycles. The summed E-state index contributed by atoms with van der Waals surface area (Å²) in [6.07, 6.45) is 3.15. The third-order valence-electron chi connectivity index (χ3n) is 2.49. The van der Waals surface area contributed by atoms with Crippen LogP contribution in [0.4, 0.5) is 0 Å². The number of methoxy groups -OCH3 is 1. The zero-order valence-electron chi connectivity index (χ0n) is 8.78. The topological polar surface area (TPSA) is 18.5 Å². The highest BCUT2D eigenvalue weighted by atomic mass is 127. The van der Waals surface area contributed by atoms with E-state index in [-0.39, 0.29) is 6.10 Å². The van der Waals surface area contributed by atoms with Gasteiger partial charge in [0.25, 0.3) is 0 Å². The SMILES string of the molecule is COc1cccc(C(CI)OC2CC2)c1. The van der Waals surface area contributed by atoms with Crippen molar-refractivity contribution in [3.63, 3.8) is 0 Å². The molecule has 3 heteroatoms. The fourth-order valence-corrected chi connectivity index (χ4v) is 2.20. The molecule has 0 aromatic heterocycles. The quantitative estimate of drug-likeness (QED) is 0.612. The Balaban J connectivity index is 2.09. The molecular formula is C12H15IO2. The smallest absolute Gasteiger partial charge is 0.119 e. The number of alkyl halides is 1. The maximum absolute atomic E-state index is 5.93. The number of halogens is 1. The van der Waals surface area contributed by atoms with E-state index in [1.807, 2.05) is 12.1 Å². The van der Waals surface area contributed by atoms with Crippen molar-refractivity contribution in [2.24, 2.45) is 0 Å². The van der Waals surface area contributed by atoms with Crippen LogP contribution in [0.25, 0.3) is 0 Å². The summed E-state index contributed by atoms with van der Waals surface area (Å²) in [5.74, 6) is 0.904. The Morgan fingerprint density at radius 1 is 1.47 bits per heavy atom. The molecule has 0 radical (unpaired) electrons. The molecule has 2 nitrogen and oxygen atoms in total. The minimum absolute atomic E-state index is 0.216. The first-order chi connectivity index (χ1) is 7.33. The number of ether oxygens (including phenoxy) is 2. The minimum Gasteiger partial charge on any atom is -0.497 e. The lowest BCUT2D eigenvalue weighted by molar-refractivity contribution is 0.0569. The summed E-state index contributed by atoms with van der Waals surface area (Å²) in [4.78, 5) is 0. The Labute approximate surface area is 104 Å². The molecule has 1 unspecified atom stereocenters. The van der Waals surface area contributed by atoms with Gasteiger partial charge >= 0.3 is 0 Å². The van der Waals surface area contributed by atoms with Crippen LogP contribution < -0.4 is 4.74 Å². The average molecular weight is 318 g/mol. The van der Waals surface area contributed by atoms with Crippen molar-refractivity contribution < 1.29 is 9.47 Å². The molecule has 1 saturated carbocycles. The van der Waals surface area contributed by atoms with E-state index >= 15 is 0 Å². The molecule has 82 valence electrons. The fourth-order valence-electron chi connectivity index (χ4n) is 1.48. The first-order valence-electron chi connectivity index (χ1n) is 5.19. The van der Waals surface area contributed by atoms with Gasteiger partial charge in [-0.15, -0.1) is 0 Å². The zero-order valence-corrected chi connectivity index (χ0v) is 10.9. The zero-order chi connectivity index (χ0) is 10.7. The summed E-state index contributed by atoms with van der Waals surface area (Å²) in [5, 5.41) is 0. The van der Waals surface area contributed by atoms with Gasteiger partial charge in [-0.1, -0.05) is 34.7 Å². The van der Waals surface area contributed by atoms with Crippen LogP contribution in [-0.4, -0.2) is 17.6 Å². The van der Waals surface area contributed by atoms with Crippen LogP contribution in [0.2, 0.25) is 0 Å². The second-order valence-electron chi connectivity index (χ2n) is 3.76. The van der Waals surface area contributed by atoms with Crippen LogP contribution in [0.5, 0.6) is 5.75 Å². The van der Waals surface area contributed by atoms with Gasteiger partial charge in [0.05, 0.1) is 19.3 Å². The van der Waals surface area contributed by atoms with Gasteiger partial charge in [-0.3, -0.25) is 0 Å². The van der Waals surface area contributed by atoms with Crippen LogP contribution >= 0.6 is 22.6 Å². The Morgan fingerprint density at radius 2 is 2.27 bits per heavy atom. The normalized spacial score (nSPS) is 17.5. The lowest BCUT2D eigenvalue weighted by atomic mass is 10.1. The summed E-state index contributed by atoms with van der Waals surface area (Å²) < 4.78 is 12.1. The minimum atomic E-state index is 0.216. The van der Waals surface area contributed by atoms with E-state index < -0.39 is 0 Å². The Hall–Kier alpha value is -0.290. The van der Waals surface area contributed by atoms with E-state index in [2.05, 4.69) is 34.7 Å². The summed E-state index contributed by atoms with van der Waals surface area (Å²) in [6.45, 7) is 0. The molecule has 0 amide bonds. The van der Waals surface area contributed by atoms with Crippen molar-refractivity contribution in [3.05, 3.63) is 29.8 Å². The van der Waals surface area contributed by atoms with Gasteiger partial charge in [0, 0.05) is 4.43 Å². The highest BCUT2D eigenvalue weighted by molar-refractivity contribution is 14.1. The van der Waals surface area contributed by atoms with Gasteiger partial charge in [0.2, 0.25) is 0 Å². The van der Waals surface area contributed by atoms with E-state index in [9.17, 15) is 0 Å². The van der Waals surface area contributed by atoms with E-state index in [0.717, 1.165) is 10.2 Å². The first kappa shape index (κ1) is 11.2. The predicted molar refractivity (Wildman–Crippen MR) is 68.7 cm³/mol. The Morgan fingerprint density at radius 3 is 2.87 bits per heavy atom. The van der Waals surface area contributed by atoms with E-state index in [1.54, 1.807) is 7.11 Å². The molecule has 0 N–H and O–H groups in total. The molecule has 1 aliphatic rings. The van der Waals surface area contributed by atoms with E-state index in [1.165, 1.54) is 18.4 Å². The van der Waals surface area contributed by atoms with Gasteiger partial charge in [-0.25, -0.2) is 0 Å². The van der Waals surface area contributed by atoms with Gasteiger partial charge in [-0.05, 0) is 30.5 Å². The monoisotopic (exact) mass is 318 g/mol. The van der Waals surface area contributed by atoms with Crippen molar-refractivity contribution in [2.45, 2.75) is 25.0 Å². The molecule has 1 fully saturated rings. The summed E-state index contributed by atoms with van der Waals surface area (Å²) in [5.41, 5.74) is 1.22. The first-order valence-corrected chi connectivity index (χ1v) is 6.71. The molecule has 2 rings (SSSR count). The lowest BCUT2D eigenvalue weighted by Crippen LogP contribution is -2.07. The van der Waals surface area contributed by atoms with Crippen molar-refractivity contribution in [1.29, 1.82) is 0 Å². The maximum atomic E-state index is 5.93. The molecule has 15 heavy (non-hydrogen) atoms. The van der Waals surface area contributed by atoms with Gasteiger partial charge in [-0.2, -0.15) is 0 Å². The van der Waals surface area contributed by atoms with Crippen molar-refractivity contribution >= 4 is 22.6 Å². The average Bonchev–Trinajstić information content (AvgIpc) is 3.10. The molecule has 1 atom stereocenters. The second kappa shape index (κ2) is 5.16. The maximum Gasteiger partial charge on any atom is 0.119 e.